The van der Waals surface area contributed by atoms with Gasteiger partial charge >= 0.3 is 5.69 Å². The second kappa shape index (κ2) is 3.96. The summed E-state index contributed by atoms with van der Waals surface area (Å²) in [6.07, 6.45) is 5.05. The Morgan fingerprint density at radius 3 is 2.69 bits per heavy atom. The van der Waals surface area contributed by atoms with Crippen molar-refractivity contribution < 1.29 is 0 Å². The zero-order valence-corrected chi connectivity index (χ0v) is 9.66. The monoisotopic (exact) mass is 221 g/mol. The molecule has 0 unspecified atom stereocenters. The first-order chi connectivity index (χ1) is 7.59. The number of aryl methyl sites for hydroxylation is 1. The van der Waals surface area contributed by atoms with Crippen LogP contribution in [0.2, 0.25) is 0 Å². The summed E-state index contributed by atoms with van der Waals surface area (Å²) >= 11 is 0. The molecule has 2 heterocycles. The minimum atomic E-state index is -0.114. The van der Waals surface area contributed by atoms with Crippen molar-refractivity contribution in [3.8, 4) is 0 Å². The molecule has 0 aliphatic heterocycles. The Morgan fingerprint density at radius 2 is 2.12 bits per heavy atom. The average molecular weight is 221 g/mol. The van der Waals surface area contributed by atoms with Crippen LogP contribution in [0.1, 0.15) is 25.6 Å². The molecule has 0 saturated carbocycles. The lowest BCUT2D eigenvalue weighted by Crippen LogP contribution is -2.24. The van der Waals surface area contributed by atoms with Gasteiger partial charge in [0.05, 0.1) is 24.8 Å². The van der Waals surface area contributed by atoms with Crippen LogP contribution < -0.4 is 5.69 Å². The normalized spacial score (nSPS) is 11.2. The quantitative estimate of drug-likeness (QED) is 0.754. The summed E-state index contributed by atoms with van der Waals surface area (Å²) in [7, 11) is 1.69. The number of rotatable bonds is 3. The average Bonchev–Trinajstić information content (AvgIpc) is 2.80. The maximum absolute atomic E-state index is 11.6. The van der Waals surface area contributed by atoms with Crippen LogP contribution in [0.25, 0.3) is 0 Å². The van der Waals surface area contributed by atoms with E-state index < -0.39 is 0 Å². The smallest absolute Gasteiger partial charge is 0.330 e. The van der Waals surface area contributed by atoms with E-state index in [1.54, 1.807) is 19.6 Å². The van der Waals surface area contributed by atoms with Crippen molar-refractivity contribution in [2.45, 2.75) is 26.4 Å². The van der Waals surface area contributed by atoms with Gasteiger partial charge in [0, 0.05) is 13.1 Å². The van der Waals surface area contributed by atoms with E-state index in [0.717, 1.165) is 5.69 Å². The van der Waals surface area contributed by atoms with Gasteiger partial charge in [0.1, 0.15) is 6.33 Å². The van der Waals surface area contributed by atoms with E-state index in [4.69, 9.17) is 0 Å². The lowest BCUT2D eigenvalue weighted by molar-refractivity contribution is 0.540. The van der Waals surface area contributed by atoms with E-state index >= 15 is 0 Å². The van der Waals surface area contributed by atoms with Crippen molar-refractivity contribution in [3.63, 3.8) is 0 Å². The van der Waals surface area contributed by atoms with Crippen LogP contribution >= 0.6 is 0 Å². The largest absolute Gasteiger partial charge is 0.345 e. The Morgan fingerprint density at radius 1 is 1.38 bits per heavy atom. The molecular formula is C10H15N5O. The van der Waals surface area contributed by atoms with Crippen molar-refractivity contribution >= 4 is 0 Å². The molecule has 0 aromatic carbocycles. The highest BCUT2D eigenvalue weighted by atomic mass is 16.2. The van der Waals surface area contributed by atoms with Crippen LogP contribution in [0.5, 0.6) is 0 Å². The highest BCUT2D eigenvalue weighted by Crippen LogP contribution is 2.08. The highest BCUT2D eigenvalue weighted by molar-refractivity contribution is 5.00. The third kappa shape index (κ3) is 1.78. The molecular weight excluding hydrogens is 206 g/mol. The van der Waals surface area contributed by atoms with Crippen molar-refractivity contribution in [3.05, 3.63) is 35.0 Å². The summed E-state index contributed by atoms with van der Waals surface area (Å²) in [6, 6.07) is 0.330. The summed E-state index contributed by atoms with van der Waals surface area (Å²) in [5, 5.41) is 4.02. The predicted molar refractivity (Wildman–Crippen MR) is 59.2 cm³/mol. The molecule has 0 radical (unpaired) electrons. The second-order valence-electron chi connectivity index (χ2n) is 4.07. The molecule has 0 aliphatic rings. The highest BCUT2D eigenvalue weighted by Gasteiger charge is 2.08. The Kier molecular flexibility index (Phi) is 2.64. The lowest BCUT2D eigenvalue weighted by Gasteiger charge is -2.10. The van der Waals surface area contributed by atoms with Gasteiger partial charge in [-0.15, -0.1) is 0 Å². The van der Waals surface area contributed by atoms with Gasteiger partial charge in [-0.05, 0) is 13.8 Å². The summed E-state index contributed by atoms with van der Waals surface area (Å²) < 4.78 is 4.91. The van der Waals surface area contributed by atoms with Crippen LogP contribution in [0, 0.1) is 0 Å². The molecule has 6 heteroatoms. The molecule has 0 fully saturated rings. The topological polar surface area (TPSA) is 57.6 Å². The van der Waals surface area contributed by atoms with Crippen molar-refractivity contribution in [1.82, 2.24) is 23.9 Å². The molecule has 2 aromatic heterocycles. The van der Waals surface area contributed by atoms with Crippen molar-refractivity contribution in [1.29, 1.82) is 0 Å². The molecule has 86 valence electrons. The molecule has 0 bridgehead atoms. The fraction of sp³-hybridized carbons (Fsp3) is 0.500. The Bertz CT molecular complexity index is 533. The number of imidazole rings is 1. The summed E-state index contributed by atoms with van der Waals surface area (Å²) in [6.45, 7) is 4.61. The van der Waals surface area contributed by atoms with E-state index in [0.29, 0.717) is 12.6 Å². The molecule has 0 aliphatic carbocycles. The van der Waals surface area contributed by atoms with Gasteiger partial charge in [-0.2, -0.15) is 5.10 Å². The molecule has 6 nitrogen and oxygen atoms in total. The molecule has 2 rings (SSSR count). The number of hydrogen-bond donors (Lipinski definition) is 0. The van der Waals surface area contributed by atoms with E-state index in [1.807, 2.05) is 4.57 Å². The first-order valence-corrected chi connectivity index (χ1v) is 5.18. The summed E-state index contributed by atoms with van der Waals surface area (Å²) in [4.78, 5) is 15.7. The molecule has 0 saturated heterocycles. The van der Waals surface area contributed by atoms with Crippen LogP contribution in [0.4, 0.5) is 0 Å². The molecule has 0 amide bonds. The standard InChI is InChI=1S/C10H15N5O/c1-8(2)14-6-11-4-9(14)5-15-10(16)13(3)7-12-15/h4,6-8H,5H2,1-3H3. The number of hydrogen-bond acceptors (Lipinski definition) is 3. The van der Waals surface area contributed by atoms with Crippen LogP contribution in [0.3, 0.4) is 0 Å². The number of aromatic nitrogens is 5. The van der Waals surface area contributed by atoms with Crippen LogP contribution in [-0.2, 0) is 13.6 Å². The van der Waals surface area contributed by atoms with Gasteiger partial charge in [0.15, 0.2) is 0 Å². The van der Waals surface area contributed by atoms with Crippen LogP contribution in [0.15, 0.2) is 23.6 Å². The van der Waals surface area contributed by atoms with E-state index in [1.165, 1.54) is 15.6 Å². The first-order valence-electron chi connectivity index (χ1n) is 5.18. The SMILES string of the molecule is CC(C)n1cncc1Cn1ncn(C)c1=O. The predicted octanol–water partition coefficient (Wildman–Crippen LogP) is 0.408. The third-order valence-corrected chi connectivity index (χ3v) is 2.50. The maximum atomic E-state index is 11.6. The van der Waals surface area contributed by atoms with E-state index in [-0.39, 0.29) is 5.69 Å². The van der Waals surface area contributed by atoms with Gasteiger partial charge in [-0.25, -0.2) is 14.5 Å². The molecule has 0 N–H and O–H groups in total. The second-order valence-corrected chi connectivity index (χ2v) is 4.07. The lowest BCUT2D eigenvalue weighted by atomic mass is 10.3. The van der Waals surface area contributed by atoms with Gasteiger partial charge < -0.3 is 4.57 Å². The van der Waals surface area contributed by atoms with E-state index in [2.05, 4.69) is 23.9 Å². The van der Waals surface area contributed by atoms with Crippen LogP contribution in [-0.4, -0.2) is 23.9 Å². The minimum absolute atomic E-state index is 0.114. The number of nitrogens with zero attached hydrogens (tertiary/aromatic N) is 5. The minimum Gasteiger partial charge on any atom is -0.330 e. The molecule has 0 spiro atoms. The Balaban J connectivity index is 2.31. The van der Waals surface area contributed by atoms with Crippen molar-refractivity contribution in [2.24, 2.45) is 7.05 Å². The molecule has 0 atom stereocenters. The van der Waals surface area contributed by atoms with Gasteiger partial charge in [-0.3, -0.25) is 4.57 Å². The zero-order chi connectivity index (χ0) is 11.7. The first kappa shape index (κ1) is 10.7. The molecule has 16 heavy (non-hydrogen) atoms. The van der Waals surface area contributed by atoms with Gasteiger partial charge in [-0.1, -0.05) is 0 Å². The van der Waals surface area contributed by atoms with E-state index in [9.17, 15) is 4.79 Å². The van der Waals surface area contributed by atoms with Crippen molar-refractivity contribution in [2.75, 3.05) is 0 Å². The van der Waals surface area contributed by atoms with Gasteiger partial charge in [0.2, 0.25) is 0 Å². The zero-order valence-electron chi connectivity index (χ0n) is 9.66. The molecule has 2 aromatic rings. The third-order valence-electron chi connectivity index (χ3n) is 2.50. The Hall–Kier alpha value is -1.85. The fourth-order valence-corrected chi connectivity index (χ4v) is 1.60. The summed E-state index contributed by atoms with van der Waals surface area (Å²) in [5.74, 6) is 0. The van der Waals surface area contributed by atoms with Gasteiger partial charge in [0.25, 0.3) is 0 Å². The maximum Gasteiger partial charge on any atom is 0.345 e. The summed E-state index contributed by atoms with van der Waals surface area (Å²) in [5.41, 5.74) is 0.868. The fourth-order valence-electron chi connectivity index (χ4n) is 1.60. The Labute approximate surface area is 93.2 Å².